The molecule has 0 spiro atoms. The SMILES string of the molecule is CNc1ncc(C)c(N2CCC(CCO)C2)n1. The van der Waals surface area contributed by atoms with Gasteiger partial charge in [0.1, 0.15) is 5.82 Å². The van der Waals surface area contributed by atoms with Crippen molar-refractivity contribution >= 4 is 11.8 Å². The van der Waals surface area contributed by atoms with E-state index in [4.69, 9.17) is 5.11 Å². The molecule has 2 rings (SSSR count). The van der Waals surface area contributed by atoms with Gasteiger partial charge in [-0.15, -0.1) is 0 Å². The van der Waals surface area contributed by atoms with E-state index in [0.717, 1.165) is 37.3 Å². The van der Waals surface area contributed by atoms with Crippen molar-refractivity contribution in [2.24, 2.45) is 5.92 Å². The summed E-state index contributed by atoms with van der Waals surface area (Å²) >= 11 is 0. The van der Waals surface area contributed by atoms with Gasteiger partial charge in [0.05, 0.1) is 0 Å². The number of rotatable bonds is 4. The van der Waals surface area contributed by atoms with Crippen LogP contribution in [-0.2, 0) is 0 Å². The van der Waals surface area contributed by atoms with Gasteiger partial charge in [-0.05, 0) is 25.7 Å². The molecule has 0 amide bonds. The van der Waals surface area contributed by atoms with Gasteiger partial charge in [0, 0.05) is 38.5 Å². The lowest BCUT2D eigenvalue weighted by Gasteiger charge is -2.19. The molecule has 1 aliphatic rings. The Morgan fingerprint density at radius 3 is 3.12 bits per heavy atom. The molecule has 0 aliphatic carbocycles. The topological polar surface area (TPSA) is 61.3 Å². The lowest BCUT2D eigenvalue weighted by atomic mass is 10.1. The van der Waals surface area contributed by atoms with E-state index >= 15 is 0 Å². The van der Waals surface area contributed by atoms with Crippen LogP contribution in [-0.4, -0.2) is 41.8 Å². The van der Waals surface area contributed by atoms with Gasteiger partial charge in [-0.3, -0.25) is 0 Å². The van der Waals surface area contributed by atoms with Crippen LogP contribution in [0.25, 0.3) is 0 Å². The third-order valence-corrected chi connectivity index (χ3v) is 3.29. The van der Waals surface area contributed by atoms with E-state index < -0.39 is 0 Å². The molecule has 1 fully saturated rings. The Hall–Kier alpha value is -1.36. The third-order valence-electron chi connectivity index (χ3n) is 3.29. The molecule has 5 heteroatoms. The second-order valence-electron chi connectivity index (χ2n) is 4.56. The fourth-order valence-corrected chi connectivity index (χ4v) is 2.32. The first-order valence-corrected chi connectivity index (χ1v) is 6.11. The van der Waals surface area contributed by atoms with Crippen molar-refractivity contribution in [3.05, 3.63) is 11.8 Å². The van der Waals surface area contributed by atoms with Crippen molar-refractivity contribution in [2.75, 3.05) is 37.0 Å². The molecule has 0 aromatic carbocycles. The summed E-state index contributed by atoms with van der Waals surface area (Å²) in [5.74, 6) is 2.27. The summed E-state index contributed by atoms with van der Waals surface area (Å²) in [6.45, 7) is 4.32. The van der Waals surface area contributed by atoms with E-state index in [9.17, 15) is 0 Å². The van der Waals surface area contributed by atoms with Crippen molar-refractivity contribution in [1.29, 1.82) is 0 Å². The summed E-state index contributed by atoms with van der Waals surface area (Å²) in [6, 6.07) is 0. The second kappa shape index (κ2) is 5.31. The van der Waals surface area contributed by atoms with E-state index in [1.54, 1.807) is 0 Å². The van der Waals surface area contributed by atoms with Crippen molar-refractivity contribution in [3.63, 3.8) is 0 Å². The van der Waals surface area contributed by atoms with Crippen LogP contribution >= 0.6 is 0 Å². The molecule has 1 aromatic rings. The minimum absolute atomic E-state index is 0.281. The van der Waals surface area contributed by atoms with Gasteiger partial charge in [-0.1, -0.05) is 0 Å². The first-order valence-electron chi connectivity index (χ1n) is 6.11. The van der Waals surface area contributed by atoms with Gasteiger partial charge >= 0.3 is 0 Å². The maximum absolute atomic E-state index is 8.97. The van der Waals surface area contributed by atoms with E-state index in [1.165, 1.54) is 0 Å². The first-order chi connectivity index (χ1) is 8.24. The molecule has 0 saturated carbocycles. The molecule has 1 atom stereocenters. The Labute approximate surface area is 102 Å². The molecule has 0 radical (unpaired) electrons. The summed E-state index contributed by atoms with van der Waals surface area (Å²) < 4.78 is 0. The number of aryl methyl sites for hydroxylation is 1. The summed E-state index contributed by atoms with van der Waals surface area (Å²) in [4.78, 5) is 11.0. The molecule has 5 nitrogen and oxygen atoms in total. The molecule has 0 bridgehead atoms. The summed E-state index contributed by atoms with van der Waals surface area (Å²) in [5, 5.41) is 11.9. The van der Waals surface area contributed by atoms with Crippen LogP contribution in [0, 0.1) is 12.8 Å². The molecule has 1 aliphatic heterocycles. The van der Waals surface area contributed by atoms with Crippen LogP contribution in [0.5, 0.6) is 0 Å². The summed E-state index contributed by atoms with van der Waals surface area (Å²) in [6.07, 6.45) is 3.88. The number of hydrogen-bond donors (Lipinski definition) is 2. The van der Waals surface area contributed by atoms with Crippen molar-refractivity contribution in [2.45, 2.75) is 19.8 Å². The highest BCUT2D eigenvalue weighted by molar-refractivity contribution is 5.49. The average molecular weight is 236 g/mol. The molecular weight excluding hydrogens is 216 g/mol. The number of aliphatic hydroxyl groups excluding tert-OH is 1. The molecule has 1 saturated heterocycles. The second-order valence-corrected chi connectivity index (χ2v) is 4.56. The normalized spacial score (nSPS) is 19.7. The minimum atomic E-state index is 0.281. The van der Waals surface area contributed by atoms with Gasteiger partial charge in [0.2, 0.25) is 5.95 Å². The molecule has 94 valence electrons. The van der Waals surface area contributed by atoms with Crippen LogP contribution in [0.1, 0.15) is 18.4 Å². The Morgan fingerprint density at radius 1 is 1.59 bits per heavy atom. The van der Waals surface area contributed by atoms with Crippen LogP contribution < -0.4 is 10.2 Å². The van der Waals surface area contributed by atoms with E-state index in [-0.39, 0.29) is 6.61 Å². The number of nitrogens with zero attached hydrogens (tertiary/aromatic N) is 3. The van der Waals surface area contributed by atoms with Crippen LogP contribution in [0.2, 0.25) is 0 Å². The zero-order valence-electron chi connectivity index (χ0n) is 10.5. The molecular formula is C12H20N4O. The van der Waals surface area contributed by atoms with E-state index in [2.05, 4.69) is 20.2 Å². The van der Waals surface area contributed by atoms with E-state index in [0.29, 0.717) is 11.9 Å². The van der Waals surface area contributed by atoms with Gasteiger partial charge in [-0.2, -0.15) is 4.98 Å². The Balaban J connectivity index is 2.12. The van der Waals surface area contributed by atoms with E-state index in [1.807, 2.05) is 20.2 Å². The number of hydrogen-bond acceptors (Lipinski definition) is 5. The Morgan fingerprint density at radius 2 is 2.41 bits per heavy atom. The molecule has 17 heavy (non-hydrogen) atoms. The lowest BCUT2D eigenvalue weighted by Crippen LogP contribution is -2.22. The molecule has 2 N–H and O–H groups in total. The fraction of sp³-hybridized carbons (Fsp3) is 0.667. The number of aliphatic hydroxyl groups is 1. The zero-order chi connectivity index (χ0) is 12.3. The first kappa shape index (κ1) is 12.1. The Bertz CT molecular complexity index is 383. The lowest BCUT2D eigenvalue weighted by molar-refractivity contribution is 0.263. The van der Waals surface area contributed by atoms with Crippen LogP contribution in [0.15, 0.2) is 6.20 Å². The van der Waals surface area contributed by atoms with Gasteiger partial charge in [0.25, 0.3) is 0 Å². The molecule has 2 heterocycles. The van der Waals surface area contributed by atoms with Gasteiger partial charge < -0.3 is 15.3 Å². The average Bonchev–Trinajstić information content (AvgIpc) is 2.79. The number of anilines is 2. The zero-order valence-corrected chi connectivity index (χ0v) is 10.5. The monoisotopic (exact) mass is 236 g/mol. The Kier molecular flexibility index (Phi) is 3.78. The fourth-order valence-electron chi connectivity index (χ4n) is 2.32. The van der Waals surface area contributed by atoms with Crippen molar-refractivity contribution in [1.82, 2.24) is 9.97 Å². The van der Waals surface area contributed by atoms with Crippen molar-refractivity contribution in [3.8, 4) is 0 Å². The summed E-state index contributed by atoms with van der Waals surface area (Å²) in [5.41, 5.74) is 1.11. The van der Waals surface area contributed by atoms with Crippen LogP contribution in [0.3, 0.4) is 0 Å². The van der Waals surface area contributed by atoms with Crippen LogP contribution in [0.4, 0.5) is 11.8 Å². The quantitative estimate of drug-likeness (QED) is 0.818. The highest BCUT2D eigenvalue weighted by atomic mass is 16.3. The predicted octanol–water partition coefficient (Wildman–Crippen LogP) is 1.04. The third kappa shape index (κ3) is 2.66. The van der Waals surface area contributed by atoms with Gasteiger partial charge in [-0.25, -0.2) is 4.98 Å². The van der Waals surface area contributed by atoms with Gasteiger partial charge in [0.15, 0.2) is 0 Å². The number of nitrogens with one attached hydrogen (secondary N) is 1. The maximum Gasteiger partial charge on any atom is 0.224 e. The maximum atomic E-state index is 8.97. The smallest absolute Gasteiger partial charge is 0.224 e. The number of aromatic nitrogens is 2. The molecule has 1 unspecified atom stereocenters. The predicted molar refractivity (Wildman–Crippen MR) is 68.3 cm³/mol. The highest BCUT2D eigenvalue weighted by Gasteiger charge is 2.24. The standard InChI is InChI=1S/C12H20N4O/c1-9-7-14-12(13-2)15-11(9)16-5-3-10(8-16)4-6-17/h7,10,17H,3-6,8H2,1-2H3,(H,13,14,15). The summed E-state index contributed by atoms with van der Waals surface area (Å²) in [7, 11) is 1.83. The minimum Gasteiger partial charge on any atom is -0.396 e. The largest absolute Gasteiger partial charge is 0.396 e. The van der Waals surface area contributed by atoms with Crippen molar-refractivity contribution < 1.29 is 5.11 Å². The highest BCUT2D eigenvalue weighted by Crippen LogP contribution is 2.26. The molecule has 1 aromatic heterocycles.